The second kappa shape index (κ2) is 9.20. The molecular formula is C21H28Cl2N6O. The van der Waals surface area contributed by atoms with Crippen LogP contribution in [-0.4, -0.2) is 44.8 Å². The molecule has 0 bridgehead atoms. The third-order valence-corrected chi connectivity index (χ3v) is 7.18. The quantitative estimate of drug-likeness (QED) is 0.693. The van der Waals surface area contributed by atoms with Crippen molar-refractivity contribution in [3.05, 3.63) is 28.4 Å². The van der Waals surface area contributed by atoms with Crippen LogP contribution in [0.3, 0.4) is 0 Å². The molecule has 2 fully saturated rings. The van der Waals surface area contributed by atoms with Gasteiger partial charge in [0.25, 0.3) is 5.91 Å². The largest absolute Gasteiger partial charge is 0.345 e. The molecule has 2 aliphatic rings. The molecule has 0 aromatic carbocycles. The molecule has 3 heterocycles. The summed E-state index contributed by atoms with van der Waals surface area (Å²) in [4.78, 5) is 21.4. The number of amides is 1. The number of aryl methyl sites for hydroxylation is 1. The summed E-state index contributed by atoms with van der Waals surface area (Å²) in [6.45, 7) is 4.12. The normalized spacial score (nSPS) is 27.1. The average molecular weight is 451 g/mol. The zero-order chi connectivity index (χ0) is 21.3. The SMILES string of the molecule is CC1CCC(C2CCNC[C@@H]2NC(=O)c2ncc(-c3c(Cl)cnn3C)c(Cl)n2)CC1. The van der Waals surface area contributed by atoms with Crippen LogP contribution in [0.4, 0.5) is 0 Å². The second-order valence-electron chi connectivity index (χ2n) is 8.62. The minimum atomic E-state index is -0.289. The predicted octanol–water partition coefficient (Wildman–Crippen LogP) is 3.72. The number of halogens is 2. The lowest BCUT2D eigenvalue weighted by Gasteiger charge is -2.40. The first kappa shape index (κ1) is 21.5. The van der Waals surface area contributed by atoms with Gasteiger partial charge in [0, 0.05) is 25.8 Å². The van der Waals surface area contributed by atoms with E-state index in [1.54, 1.807) is 11.7 Å². The van der Waals surface area contributed by atoms with Gasteiger partial charge in [-0.05, 0) is 43.6 Å². The molecule has 1 saturated carbocycles. The van der Waals surface area contributed by atoms with Crippen molar-refractivity contribution in [1.29, 1.82) is 0 Å². The third-order valence-electron chi connectivity index (χ3n) is 6.61. The van der Waals surface area contributed by atoms with Gasteiger partial charge < -0.3 is 10.6 Å². The van der Waals surface area contributed by atoms with Crippen LogP contribution in [0.5, 0.6) is 0 Å². The number of rotatable bonds is 4. The van der Waals surface area contributed by atoms with E-state index in [4.69, 9.17) is 23.2 Å². The monoisotopic (exact) mass is 450 g/mol. The first-order chi connectivity index (χ1) is 14.4. The Labute approximate surface area is 187 Å². The molecule has 7 nitrogen and oxygen atoms in total. The van der Waals surface area contributed by atoms with Gasteiger partial charge in [0.2, 0.25) is 5.82 Å². The van der Waals surface area contributed by atoms with Crippen molar-refractivity contribution in [2.45, 2.75) is 45.1 Å². The van der Waals surface area contributed by atoms with Crippen LogP contribution in [0.25, 0.3) is 11.3 Å². The Hall–Kier alpha value is -1.70. The smallest absolute Gasteiger partial charge is 0.289 e. The lowest BCUT2D eigenvalue weighted by Crippen LogP contribution is -2.53. The summed E-state index contributed by atoms with van der Waals surface area (Å²) in [6, 6.07) is 0.0817. The van der Waals surface area contributed by atoms with Gasteiger partial charge in [0.1, 0.15) is 5.15 Å². The summed E-state index contributed by atoms with van der Waals surface area (Å²) < 4.78 is 1.61. The van der Waals surface area contributed by atoms with Crippen molar-refractivity contribution in [3.8, 4) is 11.3 Å². The number of hydrogen-bond acceptors (Lipinski definition) is 5. The zero-order valence-corrected chi connectivity index (χ0v) is 18.9. The van der Waals surface area contributed by atoms with Gasteiger partial charge in [-0.3, -0.25) is 9.48 Å². The summed E-state index contributed by atoms with van der Waals surface area (Å²) in [5.74, 6) is 1.77. The van der Waals surface area contributed by atoms with Crippen molar-refractivity contribution in [2.75, 3.05) is 13.1 Å². The topological polar surface area (TPSA) is 84.7 Å². The van der Waals surface area contributed by atoms with Crippen LogP contribution >= 0.6 is 23.2 Å². The minimum absolute atomic E-state index is 0.0728. The Kier molecular flexibility index (Phi) is 6.60. The van der Waals surface area contributed by atoms with Crippen LogP contribution < -0.4 is 10.6 Å². The fourth-order valence-electron chi connectivity index (χ4n) is 4.89. The van der Waals surface area contributed by atoms with Crippen LogP contribution in [0.15, 0.2) is 12.4 Å². The molecule has 1 unspecified atom stereocenters. The fraction of sp³-hybridized carbons (Fsp3) is 0.619. The Morgan fingerprint density at radius 2 is 1.97 bits per heavy atom. The van der Waals surface area contributed by atoms with E-state index in [1.807, 2.05) is 0 Å². The Bertz CT molecular complexity index is 889. The molecule has 0 radical (unpaired) electrons. The van der Waals surface area contributed by atoms with Crippen LogP contribution in [0, 0.1) is 17.8 Å². The fourth-order valence-corrected chi connectivity index (χ4v) is 5.38. The Morgan fingerprint density at radius 3 is 2.63 bits per heavy atom. The first-order valence-corrected chi connectivity index (χ1v) is 11.4. The van der Waals surface area contributed by atoms with E-state index in [0.717, 1.165) is 25.4 Å². The van der Waals surface area contributed by atoms with Crippen molar-refractivity contribution in [3.63, 3.8) is 0 Å². The van der Waals surface area contributed by atoms with Gasteiger partial charge >= 0.3 is 0 Å². The van der Waals surface area contributed by atoms with Crippen LogP contribution in [-0.2, 0) is 7.05 Å². The molecule has 2 N–H and O–H groups in total. The molecule has 1 amide bonds. The highest BCUT2D eigenvalue weighted by atomic mass is 35.5. The van der Waals surface area contributed by atoms with Gasteiger partial charge in [-0.2, -0.15) is 5.10 Å². The Morgan fingerprint density at radius 1 is 1.20 bits per heavy atom. The highest BCUT2D eigenvalue weighted by Crippen LogP contribution is 2.37. The molecule has 9 heteroatoms. The van der Waals surface area contributed by atoms with Gasteiger partial charge in [-0.25, -0.2) is 9.97 Å². The van der Waals surface area contributed by atoms with Gasteiger partial charge in [0.15, 0.2) is 0 Å². The lowest BCUT2D eigenvalue weighted by molar-refractivity contribution is 0.0851. The average Bonchev–Trinajstić information content (AvgIpc) is 3.07. The van der Waals surface area contributed by atoms with E-state index < -0.39 is 0 Å². The second-order valence-corrected chi connectivity index (χ2v) is 9.38. The number of nitrogens with one attached hydrogen (secondary N) is 2. The molecule has 2 aromatic rings. The summed E-state index contributed by atoms with van der Waals surface area (Å²) in [5.41, 5.74) is 1.17. The van der Waals surface area contributed by atoms with E-state index in [2.05, 4.69) is 32.6 Å². The number of carbonyl (C=O) groups is 1. The zero-order valence-electron chi connectivity index (χ0n) is 17.4. The van der Waals surface area contributed by atoms with Crippen molar-refractivity contribution in [2.24, 2.45) is 24.8 Å². The number of piperidine rings is 1. The maximum atomic E-state index is 12.9. The molecule has 4 rings (SSSR count). The standard InChI is InChI=1S/C21H28Cl2N6O/c1-12-3-5-13(6-4-12)14-7-8-24-11-17(14)27-21(30)20-25-9-15(19(23)28-20)18-16(22)10-26-29(18)2/h9-10,12-14,17,24H,3-8,11H2,1-2H3,(H,27,30)/t12?,13?,14?,17-/m0/s1. The van der Waals surface area contributed by atoms with E-state index in [1.165, 1.54) is 38.1 Å². The number of aromatic nitrogens is 4. The van der Waals surface area contributed by atoms with E-state index in [-0.39, 0.29) is 22.9 Å². The molecule has 162 valence electrons. The number of hydrogen-bond donors (Lipinski definition) is 2. The molecule has 1 saturated heterocycles. The first-order valence-electron chi connectivity index (χ1n) is 10.7. The van der Waals surface area contributed by atoms with Crippen molar-refractivity contribution in [1.82, 2.24) is 30.4 Å². The minimum Gasteiger partial charge on any atom is -0.345 e. The summed E-state index contributed by atoms with van der Waals surface area (Å²) in [5, 5.41) is 11.3. The highest BCUT2D eigenvalue weighted by molar-refractivity contribution is 6.35. The molecule has 0 spiro atoms. The third kappa shape index (κ3) is 4.48. The molecule has 30 heavy (non-hydrogen) atoms. The molecule has 2 aromatic heterocycles. The highest BCUT2D eigenvalue weighted by Gasteiger charge is 2.35. The van der Waals surface area contributed by atoms with E-state index in [9.17, 15) is 4.79 Å². The molecular weight excluding hydrogens is 423 g/mol. The van der Waals surface area contributed by atoms with E-state index in [0.29, 0.717) is 28.1 Å². The summed E-state index contributed by atoms with van der Waals surface area (Å²) >= 11 is 12.6. The van der Waals surface area contributed by atoms with Crippen molar-refractivity contribution >= 4 is 29.1 Å². The summed E-state index contributed by atoms with van der Waals surface area (Å²) in [7, 11) is 1.76. The van der Waals surface area contributed by atoms with Gasteiger partial charge in [-0.1, -0.05) is 43.0 Å². The maximum absolute atomic E-state index is 12.9. The molecule has 1 aliphatic heterocycles. The summed E-state index contributed by atoms with van der Waals surface area (Å²) in [6.07, 6.45) is 9.23. The van der Waals surface area contributed by atoms with Crippen LogP contribution in [0.1, 0.15) is 49.6 Å². The molecule has 2 atom stereocenters. The Balaban J connectivity index is 1.48. The van der Waals surface area contributed by atoms with E-state index >= 15 is 0 Å². The predicted molar refractivity (Wildman–Crippen MR) is 118 cm³/mol. The lowest BCUT2D eigenvalue weighted by atomic mass is 9.71. The van der Waals surface area contributed by atoms with Crippen LogP contribution in [0.2, 0.25) is 10.2 Å². The maximum Gasteiger partial charge on any atom is 0.289 e. The van der Waals surface area contributed by atoms with Gasteiger partial charge in [0.05, 0.1) is 22.5 Å². The van der Waals surface area contributed by atoms with Gasteiger partial charge in [-0.15, -0.1) is 0 Å². The number of nitrogens with zero attached hydrogens (tertiary/aromatic N) is 4. The van der Waals surface area contributed by atoms with Crippen molar-refractivity contribution < 1.29 is 4.79 Å². The molecule has 1 aliphatic carbocycles. The number of carbonyl (C=O) groups excluding carboxylic acids is 1.